The highest BCUT2D eigenvalue weighted by molar-refractivity contribution is 5.91. The molecule has 0 aliphatic heterocycles. The van der Waals surface area contributed by atoms with Crippen LogP contribution in [-0.2, 0) is 15.1 Å². The summed E-state index contributed by atoms with van der Waals surface area (Å²) in [4.78, 5) is 18.2. The molecule has 3 aromatic carbocycles. The Hall–Kier alpha value is -3.66. The Labute approximate surface area is 171 Å². The maximum atomic E-state index is 13.4. The third-order valence-corrected chi connectivity index (χ3v) is 4.51. The van der Waals surface area contributed by atoms with Crippen molar-refractivity contribution in [1.29, 1.82) is 0 Å². The number of carbonyl (C=O) groups is 1. The van der Waals surface area contributed by atoms with E-state index in [1.54, 1.807) is 19.4 Å². The summed E-state index contributed by atoms with van der Waals surface area (Å²) in [5, 5.41) is 0. The Balaban J connectivity index is 2.19. The molecule has 0 unspecified atom stereocenters. The predicted molar refractivity (Wildman–Crippen MR) is 115 cm³/mol. The molecule has 0 aliphatic carbocycles. The van der Waals surface area contributed by atoms with Crippen LogP contribution in [0.2, 0.25) is 0 Å². The molecule has 29 heavy (non-hydrogen) atoms. The molecule has 0 atom stereocenters. The number of ether oxygens (including phenoxy) is 2. The van der Waals surface area contributed by atoms with E-state index in [2.05, 4.69) is 6.58 Å². The molecule has 0 amide bonds. The van der Waals surface area contributed by atoms with Gasteiger partial charge in [0.1, 0.15) is 12.4 Å². The minimum atomic E-state index is -1.34. The van der Waals surface area contributed by atoms with E-state index < -0.39 is 11.5 Å². The lowest BCUT2D eigenvalue weighted by atomic mass is 9.83. The standard InChI is InChI=1S/C25H23NO3/c1-3-17-29-24(27)25(21-12-6-4-7-13-21,22-14-8-5-9-15-22)26-19-20-11-10-16-23(18-20)28-2/h3-16,18-19H,1,17H2,2H3. The van der Waals surface area contributed by atoms with Gasteiger partial charge in [-0.3, -0.25) is 4.99 Å². The van der Waals surface area contributed by atoms with Gasteiger partial charge in [0.15, 0.2) is 0 Å². The summed E-state index contributed by atoms with van der Waals surface area (Å²) in [7, 11) is 1.61. The number of nitrogens with zero attached hydrogens (tertiary/aromatic N) is 1. The second-order valence-corrected chi connectivity index (χ2v) is 6.36. The Morgan fingerprint density at radius 3 is 2.14 bits per heavy atom. The van der Waals surface area contributed by atoms with E-state index in [4.69, 9.17) is 14.5 Å². The van der Waals surface area contributed by atoms with Gasteiger partial charge >= 0.3 is 5.97 Å². The molecule has 0 fully saturated rings. The van der Waals surface area contributed by atoms with Crippen LogP contribution >= 0.6 is 0 Å². The van der Waals surface area contributed by atoms with Gasteiger partial charge in [0.05, 0.1) is 7.11 Å². The SMILES string of the molecule is C=CCOC(=O)C(N=Cc1cccc(OC)c1)(c1ccccc1)c1ccccc1. The fourth-order valence-corrected chi connectivity index (χ4v) is 3.10. The van der Waals surface area contributed by atoms with E-state index in [1.807, 2.05) is 84.9 Å². The quantitative estimate of drug-likeness (QED) is 0.318. The lowest BCUT2D eigenvalue weighted by Gasteiger charge is -2.28. The van der Waals surface area contributed by atoms with Crippen LogP contribution in [-0.4, -0.2) is 25.9 Å². The van der Waals surface area contributed by atoms with Gasteiger partial charge in [0, 0.05) is 6.21 Å². The second-order valence-electron chi connectivity index (χ2n) is 6.36. The van der Waals surface area contributed by atoms with Gasteiger partial charge in [-0.25, -0.2) is 4.79 Å². The van der Waals surface area contributed by atoms with Crippen LogP contribution < -0.4 is 4.74 Å². The van der Waals surface area contributed by atoms with Crippen LogP contribution in [0.1, 0.15) is 16.7 Å². The molecule has 146 valence electrons. The minimum Gasteiger partial charge on any atom is -0.497 e. The molecule has 0 aliphatic rings. The first kappa shape index (κ1) is 20.1. The van der Waals surface area contributed by atoms with Crippen molar-refractivity contribution in [2.24, 2.45) is 4.99 Å². The lowest BCUT2D eigenvalue weighted by Crippen LogP contribution is -2.37. The lowest BCUT2D eigenvalue weighted by molar-refractivity contribution is -0.147. The highest BCUT2D eigenvalue weighted by Gasteiger charge is 2.43. The zero-order valence-corrected chi connectivity index (χ0v) is 16.3. The molecule has 0 aromatic heterocycles. The Kier molecular flexibility index (Phi) is 6.59. The van der Waals surface area contributed by atoms with Crippen molar-refractivity contribution in [3.63, 3.8) is 0 Å². The Morgan fingerprint density at radius 1 is 0.966 bits per heavy atom. The fourth-order valence-electron chi connectivity index (χ4n) is 3.10. The van der Waals surface area contributed by atoms with Crippen LogP contribution in [0.25, 0.3) is 0 Å². The third-order valence-electron chi connectivity index (χ3n) is 4.51. The second kappa shape index (κ2) is 9.51. The molecular weight excluding hydrogens is 362 g/mol. The summed E-state index contributed by atoms with van der Waals surface area (Å²) >= 11 is 0. The van der Waals surface area contributed by atoms with E-state index in [1.165, 1.54) is 0 Å². The van der Waals surface area contributed by atoms with Crippen LogP contribution in [0.3, 0.4) is 0 Å². The van der Waals surface area contributed by atoms with Crippen LogP contribution in [0.4, 0.5) is 0 Å². The molecule has 0 spiro atoms. The van der Waals surface area contributed by atoms with Gasteiger partial charge in [-0.05, 0) is 28.8 Å². The topological polar surface area (TPSA) is 47.9 Å². The first-order chi connectivity index (χ1) is 14.2. The molecule has 0 N–H and O–H groups in total. The third kappa shape index (κ3) is 4.43. The van der Waals surface area contributed by atoms with Gasteiger partial charge in [0.25, 0.3) is 0 Å². The zero-order valence-electron chi connectivity index (χ0n) is 16.3. The highest BCUT2D eigenvalue weighted by Crippen LogP contribution is 2.35. The molecule has 0 bridgehead atoms. The van der Waals surface area contributed by atoms with E-state index in [0.717, 1.165) is 16.7 Å². The molecule has 3 rings (SSSR count). The average Bonchev–Trinajstić information content (AvgIpc) is 2.79. The Bertz CT molecular complexity index is 942. The number of aliphatic imine (C=N–C) groups is 1. The summed E-state index contributed by atoms with van der Waals surface area (Å²) in [5.74, 6) is 0.252. The van der Waals surface area contributed by atoms with Gasteiger partial charge in [-0.1, -0.05) is 85.5 Å². The summed E-state index contributed by atoms with van der Waals surface area (Å²) < 4.78 is 10.8. The summed E-state index contributed by atoms with van der Waals surface area (Å²) in [6.45, 7) is 3.75. The monoisotopic (exact) mass is 385 g/mol. The van der Waals surface area contributed by atoms with E-state index in [9.17, 15) is 4.79 Å². The van der Waals surface area contributed by atoms with Gasteiger partial charge in [-0.2, -0.15) is 0 Å². The van der Waals surface area contributed by atoms with Gasteiger partial charge in [0.2, 0.25) is 5.54 Å². The minimum absolute atomic E-state index is 0.106. The molecule has 4 heteroatoms. The van der Waals surface area contributed by atoms with Crippen LogP contribution in [0.15, 0.2) is 103 Å². The first-order valence-electron chi connectivity index (χ1n) is 9.29. The molecular formula is C25H23NO3. The maximum Gasteiger partial charge on any atom is 0.343 e. The molecule has 3 aromatic rings. The van der Waals surface area contributed by atoms with Crippen molar-refractivity contribution in [2.75, 3.05) is 13.7 Å². The van der Waals surface area contributed by atoms with Crippen molar-refractivity contribution in [3.8, 4) is 5.75 Å². The molecule has 4 nitrogen and oxygen atoms in total. The summed E-state index contributed by atoms with van der Waals surface area (Å²) in [5.41, 5.74) is 0.921. The zero-order chi connectivity index (χ0) is 20.5. The Morgan fingerprint density at radius 2 is 1.59 bits per heavy atom. The number of hydrogen-bond acceptors (Lipinski definition) is 4. The van der Waals surface area contributed by atoms with Gasteiger partial charge < -0.3 is 9.47 Å². The predicted octanol–water partition coefficient (Wildman–Crippen LogP) is 4.79. The number of methoxy groups -OCH3 is 1. The van der Waals surface area contributed by atoms with Crippen molar-refractivity contribution in [2.45, 2.75) is 5.54 Å². The summed E-state index contributed by atoms with van der Waals surface area (Å²) in [6.07, 6.45) is 3.22. The molecule has 0 radical (unpaired) electrons. The van der Waals surface area contributed by atoms with Crippen molar-refractivity contribution < 1.29 is 14.3 Å². The molecule has 0 saturated heterocycles. The normalized spacial score (nSPS) is 11.2. The van der Waals surface area contributed by atoms with E-state index in [0.29, 0.717) is 5.75 Å². The van der Waals surface area contributed by atoms with Crippen molar-refractivity contribution >= 4 is 12.2 Å². The number of hydrogen-bond donors (Lipinski definition) is 0. The van der Waals surface area contributed by atoms with Crippen LogP contribution in [0.5, 0.6) is 5.75 Å². The van der Waals surface area contributed by atoms with E-state index >= 15 is 0 Å². The number of carbonyl (C=O) groups excluding carboxylic acids is 1. The first-order valence-corrected chi connectivity index (χ1v) is 9.29. The van der Waals surface area contributed by atoms with Crippen molar-refractivity contribution in [3.05, 3.63) is 114 Å². The number of rotatable bonds is 8. The smallest absolute Gasteiger partial charge is 0.343 e. The van der Waals surface area contributed by atoms with E-state index in [-0.39, 0.29) is 6.61 Å². The average molecular weight is 385 g/mol. The largest absolute Gasteiger partial charge is 0.497 e. The number of esters is 1. The summed E-state index contributed by atoms with van der Waals surface area (Å²) in [6, 6.07) is 26.4. The highest BCUT2D eigenvalue weighted by atomic mass is 16.5. The maximum absolute atomic E-state index is 13.4. The van der Waals surface area contributed by atoms with Crippen LogP contribution in [0, 0.1) is 0 Å². The molecule has 0 heterocycles. The fraction of sp³-hybridized carbons (Fsp3) is 0.120. The van der Waals surface area contributed by atoms with Crippen molar-refractivity contribution in [1.82, 2.24) is 0 Å². The van der Waals surface area contributed by atoms with Gasteiger partial charge in [-0.15, -0.1) is 0 Å². The molecule has 0 saturated carbocycles. The number of benzene rings is 3.